The Morgan fingerprint density at radius 1 is 1.10 bits per heavy atom. The van der Waals surface area contributed by atoms with Gasteiger partial charge in [0.15, 0.2) is 18.1 Å². The summed E-state index contributed by atoms with van der Waals surface area (Å²) in [4.78, 5) is 12.4. The fourth-order valence-corrected chi connectivity index (χ4v) is 2.66. The number of ether oxygens (including phenoxy) is 3. The number of nitrogens with zero attached hydrogens (tertiary/aromatic N) is 2. The number of aryl methyl sites for hydroxylation is 1. The molecule has 0 amide bonds. The van der Waals surface area contributed by atoms with Crippen LogP contribution in [0.25, 0.3) is 11.5 Å². The lowest BCUT2D eigenvalue weighted by Gasteiger charge is -2.11. The minimum atomic E-state index is -0.515. The predicted octanol–water partition coefficient (Wildman–Crippen LogP) is 4.59. The zero-order chi connectivity index (χ0) is 20.6. The molecule has 0 N–H and O–H groups in total. The topological polar surface area (TPSA) is 83.7 Å². The lowest BCUT2D eigenvalue weighted by Crippen LogP contribution is -2.06. The number of rotatable bonds is 9. The van der Waals surface area contributed by atoms with Crippen LogP contribution in [0, 0.1) is 6.92 Å². The van der Waals surface area contributed by atoms with Crippen molar-refractivity contribution in [2.45, 2.75) is 33.3 Å². The molecule has 0 unspecified atom stereocenters. The summed E-state index contributed by atoms with van der Waals surface area (Å²) in [5.41, 5.74) is 2.26. The predicted molar refractivity (Wildman–Crippen MR) is 107 cm³/mol. The van der Waals surface area contributed by atoms with Crippen molar-refractivity contribution in [2.24, 2.45) is 0 Å². The van der Waals surface area contributed by atoms with Gasteiger partial charge in [0, 0.05) is 5.56 Å². The number of hydrogen-bond acceptors (Lipinski definition) is 7. The van der Waals surface area contributed by atoms with Crippen molar-refractivity contribution < 1.29 is 23.4 Å². The third-order valence-corrected chi connectivity index (χ3v) is 4.21. The van der Waals surface area contributed by atoms with Crippen molar-refractivity contribution in [1.82, 2.24) is 10.2 Å². The monoisotopic (exact) mass is 396 g/mol. The van der Waals surface area contributed by atoms with Gasteiger partial charge in [-0.2, -0.15) is 0 Å². The van der Waals surface area contributed by atoms with E-state index in [1.54, 1.807) is 18.2 Å². The summed E-state index contributed by atoms with van der Waals surface area (Å²) in [5, 5.41) is 7.95. The molecule has 29 heavy (non-hydrogen) atoms. The van der Waals surface area contributed by atoms with Crippen LogP contribution in [-0.2, 0) is 11.3 Å². The Morgan fingerprint density at radius 3 is 2.72 bits per heavy atom. The van der Waals surface area contributed by atoms with Gasteiger partial charge in [-0.25, -0.2) is 4.79 Å². The average molecular weight is 396 g/mol. The highest BCUT2D eigenvalue weighted by atomic mass is 16.5. The van der Waals surface area contributed by atoms with E-state index in [2.05, 4.69) is 17.1 Å². The summed E-state index contributed by atoms with van der Waals surface area (Å²) in [6.45, 7) is 4.55. The third-order valence-electron chi connectivity index (χ3n) is 4.21. The largest absolute Gasteiger partial charge is 0.493 e. The quantitative estimate of drug-likeness (QED) is 0.386. The van der Waals surface area contributed by atoms with E-state index in [0.717, 1.165) is 24.0 Å². The molecule has 152 valence electrons. The average Bonchev–Trinajstić information content (AvgIpc) is 3.21. The Bertz CT molecular complexity index is 967. The van der Waals surface area contributed by atoms with Crippen molar-refractivity contribution >= 4 is 5.97 Å². The summed E-state index contributed by atoms with van der Waals surface area (Å²) >= 11 is 0. The Labute approximate surface area is 169 Å². The number of esters is 1. The second-order valence-electron chi connectivity index (χ2n) is 6.51. The standard InChI is InChI=1S/C22H24N2O5/c1-4-5-11-27-18-10-9-17(13-19(18)26-3)22(25)28-14-20-23-24-21(29-20)16-8-6-7-15(2)12-16/h6-10,12-13H,4-5,11,14H2,1-3H3. The van der Waals surface area contributed by atoms with Crippen molar-refractivity contribution in [1.29, 1.82) is 0 Å². The molecule has 0 atom stereocenters. The molecule has 7 heteroatoms. The highest BCUT2D eigenvalue weighted by Crippen LogP contribution is 2.28. The summed E-state index contributed by atoms with van der Waals surface area (Å²) < 4.78 is 21.9. The highest BCUT2D eigenvalue weighted by molar-refractivity contribution is 5.90. The first-order chi connectivity index (χ1) is 14.1. The summed E-state index contributed by atoms with van der Waals surface area (Å²) in [6, 6.07) is 12.7. The molecule has 2 aromatic carbocycles. The molecule has 3 rings (SSSR count). The maximum atomic E-state index is 12.4. The van der Waals surface area contributed by atoms with E-state index in [0.29, 0.717) is 29.6 Å². The lowest BCUT2D eigenvalue weighted by molar-refractivity contribution is 0.0438. The minimum absolute atomic E-state index is 0.116. The number of benzene rings is 2. The second kappa shape index (κ2) is 9.73. The van der Waals surface area contributed by atoms with Crippen LogP contribution in [0.2, 0.25) is 0 Å². The van der Waals surface area contributed by atoms with Gasteiger partial charge in [-0.05, 0) is 43.7 Å². The number of carbonyl (C=O) groups excluding carboxylic acids is 1. The van der Waals surface area contributed by atoms with E-state index >= 15 is 0 Å². The SMILES string of the molecule is CCCCOc1ccc(C(=O)OCc2nnc(-c3cccc(C)c3)o2)cc1OC. The van der Waals surface area contributed by atoms with E-state index < -0.39 is 5.97 Å². The van der Waals surface area contributed by atoms with Crippen LogP contribution in [0.1, 0.15) is 41.6 Å². The van der Waals surface area contributed by atoms with Gasteiger partial charge in [-0.15, -0.1) is 10.2 Å². The Morgan fingerprint density at radius 2 is 1.97 bits per heavy atom. The first kappa shape index (κ1) is 20.4. The van der Waals surface area contributed by atoms with Crippen molar-refractivity contribution in [3.05, 3.63) is 59.5 Å². The van der Waals surface area contributed by atoms with E-state index in [-0.39, 0.29) is 12.5 Å². The summed E-state index contributed by atoms with van der Waals surface area (Å²) in [7, 11) is 1.53. The molecule has 0 saturated heterocycles. The van der Waals surface area contributed by atoms with Gasteiger partial charge in [0.2, 0.25) is 5.89 Å². The van der Waals surface area contributed by atoms with Crippen LogP contribution in [0.3, 0.4) is 0 Å². The molecule has 7 nitrogen and oxygen atoms in total. The van der Waals surface area contributed by atoms with Crippen LogP contribution in [0.15, 0.2) is 46.9 Å². The van der Waals surface area contributed by atoms with Crippen LogP contribution in [-0.4, -0.2) is 29.9 Å². The molecular formula is C22H24N2O5. The fourth-order valence-electron chi connectivity index (χ4n) is 2.66. The maximum Gasteiger partial charge on any atom is 0.338 e. The molecule has 0 bridgehead atoms. The molecule has 0 radical (unpaired) electrons. The first-order valence-electron chi connectivity index (χ1n) is 9.48. The molecule has 0 saturated carbocycles. The van der Waals surface area contributed by atoms with Gasteiger partial charge >= 0.3 is 5.97 Å². The first-order valence-corrected chi connectivity index (χ1v) is 9.48. The summed E-state index contributed by atoms with van der Waals surface area (Å²) in [6.07, 6.45) is 1.98. The van der Waals surface area contributed by atoms with Crippen LogP contribution in [0.4, 0.5) is 0 Å². The zero-order valence-corrected chi connectivity index (χ0v) is 16.8. The second-order valence-corrected chi connectivity index (χ2v) is 6.51. The number of methoxy groups -OCH3 is 1. The zero-order valence-electron chi connectivity index (χ0n) is 16.8. The van der Waals surface area contributed by atoms with Crippen LogP contribution < -0.4 is 9.47 Å². The van der Waals surface area contributed by atoms with Crippen molar-refractivity contribution in [3.63, 3.8) is 0 Å². The van der Waals surface area contributed by atoms with Gasteiger partial charge in [-0.3, -0.25) is 0 Å². The Hall–Kier alpha value is -3.35. The highest BCUT2D eigenvalue weighted by Gasteiger charge is 2.15. The van der Waals surface area contributed by atoms with Crippen molar-refractivity contribution in [3.8, 4) is 23.0 Å². The molecule has 1 heterocycles. The van der Waals surface area contributed by atoms with Gasteiger partial charge in [0.1, 0.15) is 0 Å². The third kappa shape index (κ3) is 5.34. The normalized spacial score (nSPS) is 10.6. The molecular weight excluding hydrogens is 372 g/mol. The Kier molecular flexibility index (Phi) is 6.84. The number of hydrogen-bond donors (Lipinski definition) is 0. The molecule has 0 aliphatic heterocycles. The molecule has 0 aliphatic rings. The Balaban J connectivity index is 1.62. The van der Waals surface area contributed by atoms with E-state index in [1.165, 1.54) is 7.11 Å². The van der Waals surface area contributed by atoms with E-state index in [9.17, 15) is 4.79 Å². The summed E-state index contributed by atoms with van der Waals surface area (Å²) in [5.74, 6) is 1.17. The molecule has 0 aliphatic carbocycles. The van der Waals surface area contributed by atoms with E-state index in [1.807, 2.05) is 31.2 Å². The maximum absolute atomic E-state index is 12.4. The molecule has 0 fully saturated rings. The number of carbonyl (C=O) groups is 1. The van der Waals surface area contributed by atoms with E-state index in [4.69, 9.17) is 18.6 Å². The smallest absolute Gasteiger partial charge is 0.338 e. The van der Waals surface area contributed by atoms with Gasteiger partial charge < -0.3 is 18.6 Å². The molecule has 1 aromatic heterocycles. The van der Waals surface area contributed by atoms with Gasteiger partial charge in [0.25, 0.3) is 5.89 Å². The lowest BCUT2D eigenvalue weighted by atomic mass is 10.1. The van der Waals surface area contributed by atoms with Crippen LogP contribution in [0.5, 0.6) is 11.5 Å². The fraction of sp³-hybridized carbons (Fsp3) is 0.318. The van der Waals surface area contributed by atoms with Gasteiger partial charge in [0.05, 0.1) is 19.3 Å². The molecule has 3 aromatic rings. The van der Waals surface area contributed by atoms with Gasteiger partial charge in [-0.1, -0.05) is 31.0 Å². The minimum Gasteiger partial charge on any atom is -0.493 e. The number of aromatic nitrogens is 2. The van der Waals surface area contributed by atoms with Crippen LogP contribution >= 0.6 is 0 Å². The number of unbranched alkanes of at least 4 members (excludes halogenated alkanes) is 1. The molecule has 0 spiro atoms. The van der Waals surface area contributed by atoms with Crippen molar-refractivity contribution in [2.75, 3.05) is 13.7 Å².